The zero-order chi connectivity index (χ0) is 13.1. The Morgan fingerprint density at radius 3 is 2.61 bits per heavy atom. The summed E-state index contributed by atoms with van der Waals surface area (Å²) >= 11 is 0. The van der Waals surface area contributed by atoms with Gasteiger partial charge in [0, 0.05) is 11.8 Å². The Labute approximate surface area is 102 Å². The Morgan fingerprint density at radius 1 is 1.22 bits per heavy atom. The molecule has 1 aromatic carbocycles. The third-order valence-corrected chi connectivity index (χ3v) is 2.63. The monoisotopic (exact) mass is 245 g/mol. The minimum absolute atomic E-state index is 0.00246. The average Bonchev–Trinajstić information content (AvgIpc) is 2.39. The molecule has 0 amide bonds. The molecule has 1 heterocycles. The van der Waals surface area contributed by atoms with Crippen molar-refractivity contribution in [1.82, 2.24) is 4.98 Å². The predicted octanol–water partition coefficient (Wildman–Crippen LogP) is 1.23. The number of carboxylic acids is 1. The van der Waals surface area contributed by atoms with Gasteiger partial charge in [-0.05, 0) is 17.2 Å². The Kier molecular flexibility index (Phi) is 3.25. The lowest BCUT2D eigenvalue weighted by Gasteiger charge is -2.07. The van der Waals surface area contributed by atoms with Crippen molar-refractivity contribution in [2.45, 2.75) is 6.61 Å². The largest absolute Gasteiger partial charge is 0.478 e. The van der Waals surface area contributed by atoms with Crippen LogP contribution in [-0.2, 0) is 6.61 Å². The molecule has 5 nitrogen and oxygen atoms in total. The van der Waals surface area contributed by atoms with Gasteiger partial charge in [-0.1, -0.05) is 24.3 Å². The average molecular weight is 245 g/mol. The molecular weight excluding hydrogens is 234 g/mol. The van der Waals surface area contributed by atoms with E-state index in [1.165, 1.54) is 6.07 Å². The van der Waals surface area contributed by atoms with Crippen LogP contribution in [0.15, 0.2) is 41.3 Å². The van der Waals surface area contributed by atoms with Crippen molar-refractivity contribution >= 4 is 5.97 Å². The number of nitrogens with one attached hydrogen (secondary N) is 1. The lowest BCUT2D eigenvalue weighted by molar-refractivity contribution is 0.0696. The number of aromatic amines is 1. The van der Waals surface area contributed by atoms with E-state index in [9.17, 15) is 14.7 Å². The third kappa shape index (κ3) is 2.16. The van der Waals surface area contributed by atoms with Gasteiger partial charge in [0.15, 0.2) is 0 Å². The van der Waals surface area contributed by atoms with Crippen LogP contribution in [0.4, 0.5) is 0 Å². The molecule has 0 aliphatic carbocycles. The highest BCUT2D eigenvalue weighted by Gasteiger charge is 2.11. The quantitative estimate of drug-likeness (QED) is 0.758. The van der Waals surface area contributed by atoms with E-state index in [1.54, 1.807) is 24.3 Å². The maximum atomic E-state index is 11.7. The van der Waals surface area contributed by atoms with Crippen LogP contribution < -0.4 is 5.56 Å². The molecule has 2 rings (SSSR count). The SMILES string of the molecule is O=C(O)c1c[nH]c(=O)c(-c2ccccc2CO)c1. The summed E-state index contributed by atoms with van der Waals surface area (Å²) in [6, 6.07) is 8.12. The topological polar surface area (TPSA) is 90.4 Å². The van der Waals surface area contributed by atoms with Gasteiger partial charge in [0.2, 0.25) is 0 Å². The summed E-state index contributed by atoms with van der Waals surface area (Å²) in [7, 11) is 0. The van der Waals surface area contributed by atoms with Gasteiger partial charge >= 0.3 is 5.97 Å². The number of aromatic carboxylic acids is 1. The molecule has 3 N–H and O–H groups in total. The van der Waals surface area contributed by atoms with Crippen LogP contribution in [0.3, 0.4) is 0 Å². The van der Waals surface area contributed by atoms with Crippen molar-refractivity contribution < 1.29 is 15.0 Å². The predicted molar refractivity (Wildman–Crippen MR) is 65.4 cm³/mol. The van der Waals surface area contributed by atoms with Crippen molar-refractivity contribution in [2.24, 2.45) is 0 Å². The highest BCUT2D eigenvalue weighted by atomic mass is 16.4. The molecule has 0 aliphatic rings. The second kappa shape index (κ2) is 4.85. The van der Waals surface area contributed by atoms with Crippen molar-refractivity contribution in [3.63, 3.8) is 0 Å². The molecule has 0 fully saturated rings. The Morgan fingerprint density at radius 2 is 1.94 bits per heavy atom. The molecule has 0 unspecified atom stereocenters. The van der Waals surface area contributed by atoms with Gasteiger partial charge in [0.05, 0.1) is 12.2 Å². The Balaban J connectivity index is 2.66. The zero-order valence-corrected chi connectivity index (χ0v) is 9.38. The molecule has 2 aromatic rings. The van der Waals surface area contributed by atoms with Crippen molar-refractivity contribution in [1.29, 1.82) is 0 Å². The first-order valence-electron chi connectivity index (χ1n) is 5.28. The summed E-state index contributed by atoms with van der Waals surface area (Å²) < 4.78 is 0. The molecule has 0 atom stereocenters. The van der Waals surface area contributed by atoms with E-state index < -0.39 is 5.97 Å². The smallest absolute Gasteiger partial charge is 0.337 e. The van der Waals surface area contributed by atoms with Gasteiger partial charge < -0.3 is 15.2 Å². The molecule has 0 bridgehead atoms. The maximum absolute atomic E-state index is 11.7. The highest BCUT2D eigenvalue weighted by Crippen LogP contribution is 2.21. The minimum Gasteiger partial charge on any atom is -0.478 e. The van der Waals surface area contributed by atoms with Gasteiger partial charge in [-0.2, -0.15) is 0 Å². The first-order valence-corrected chi connectivity index (χ1v) is 5.28. The molecule has 1 aromatic heterocycles. The summed E-state index contributed by atoms with van der Waals surface area (Å²) in [5, 5.41) is 18.1. The highest BCUT2D eigenvalue weighted by molar-refractivity contribution is 5.89. The molecule has 0 saturated carbocycles. The Hall–Kier alpha value is -2.40. The molecule has 0 aliphatic heterocycles. The van der Waals surface area contributed by atoms with Crippen LogP contribution in [0.5, 0.6) is 0 Å². The molecule has 92 valence electrons. The molecule has 18 heavy (non-hydrogen) atoms. The molecule has 5 heteroatoms. The van der Waals surface area contributed by atoms with E-state index in [1.807, 2.05) is 0 Å². The summed E-state index contributed by atoms with van der Waals surface area (Å²) in [6.07, 6.45) is 1.15. The fourth-order valence-electron chi connectivity index (χ4n) is 1.73. The summed E-state index contributed by atoms with van der Waals surface area (Å²) in [4.78, 5) is 25.0. The number of aromatic nitrogens is 1. The van der Waals surface area contributed by atoms with Crippen molar-refractivity contribution in [2.75, 3.05) is 0 Å². The number of H-pyrrole nitrogens is 1. The van der Waals surface area contributed by atoms with E-state index in [2.05, 4.69) is 4.98 Å². The summed E-state index contributed by atoms with van der Waals surface area (Å²) in [6.45, 7) is -0.215. The lowest BCUT2D eigenvalue weighted by atomic mass is 10.0. The van der Waals surface area contributed by atoms with E-state index in [4.69, 9.17) is 5.11 Å². The van der Waals surface area contributed by atoms with E-state index in [0.717, 1.165) is 6.20 Å². The summed E-state index contributed by atoms with van der Waals surface area (Å²) in [5.41, 5.74) is 0.952. The number of pyridine rings is 1. The van der Waals surface area contributed by atoms with Crippen LogP contribution in [0.2, 0.25) is 0 Å². The third-order valence-electron chi connectivity index (χ3n) is 2.63. The number of carbonyl (C=O) groups is 1. The van der Waals surface area contributed by atoms with Crippen LogP contribution in [0, 0.1) is 0 Å². The molecule has 0 radical (unpaired) electrons. The van der Waals surface area contributed by atoms with E-state index in [-0.39, 0.29) is 23.3 Å². The van der Waals surface area contributed by atoms with E-state index in [0.29, 0.717) is 11.1 Å². The van der Waals surface area contributed by atoms with E-state index >= 15 is 0 Å². The Bertz CT molecular complexity index is 645. The van der Waals surface area contributed by atoms with Gasteiger partial charge in [-0.15, -0.1) is 0 Å². The first kappa shape index (κ1) is 12.1. The lowest BCUT2D eigenvalue weighted by Crippen LogP contribution is -2.12. The number of benzene rings is 1. The van der Waals surface area contributed by atoms with Gasteiger partial charge in [0.25, 0.3) is 5.56 Å². The normalized spacial score (nSPS) is 10.3. The van der Waals surface area contributed by atoms with Crippen LogP contribution in [-0.4, -0.2) is 21.2 Å². The second-order valence-corrected chi connectivity index (χ2v) is 3.75. The van der Waals surface area contributed by atoms with Crippen molar-refractivity contribution in [3.05, 3.63) is 58.0 Å². The van der Waals surface area contributed by atoms with Crippen molar-refractivity contribution in [3.8, 4) is 11.1 Å². The number of aliphatic hydroxyl groups is 1. The minimum atomic E-state index is -1.12. The fraction of sp³-hybridized carbons (Fsp3) is 0.0769. The van der Waals surface area contributed by atoms with Crippen LogP contribution in [0.25, 0.3) is 11.1 Å². The maximum Gasteiger partial charge on any atom is 0.337 e. The second-order valence-electron chi connectivity index (χ2n) is 3.75. The number of carboxylic acid groups (broad SMARTS) is 1. The van der Waals surface area contributed by atoms with Crippen LogP contribution in [0.1, 0.15) is 15.9 Å². The number of aliphatic hydroxyl groups excluding tert-OH is 1. The van der Waals surface area contributed by atoms with Gasteiger partial charge in [-0.25, -0.2) is 4.79 Å². The zero-order valence-electron chi connectivity index (χ0n) is 9.38. The van der Waals surface area contributed by atoms with Gasteiger partial charge in [-0.3, -0.25) is 4.79 Å². The number of rotatable bonds is 3. The fourth-order valence-corrected chi connectivity index (χ4v) is 1.73. The molecule has 0 saturated heterocycles. The van der Waals surface area contributed by atoms with Crippen LogP contribution >= 0.6 is 0 Å². The summed E-state index contributed by atoms with van der Waals surface area (Å²) in [5.74, 6) is -1.12. The molecular formula is C13H11NO4. The first-order chi connectivity index (χ1) is 8.63. The number of hydrogen-bond acceptors (Lipinski definition) is 3. The van der Waals surface area contributed by atoms with Gasteiger partial charge in [0.1, 0.15) is 0 Å². The molecule has 0 spiro atoms. The standard InChI is InChI=1S/C13H11NO4/c15-7-8-3-1-2-4-10(8)11-5-9(13(17)18)6-14-12(11)16/h1-6,15H,7H2,(H,14,16)(H,17,18). The number of hydrogen-bond donors (Lipinski definition) is 3.